The molecule has 1 aliphatic rings. The van der Waals surface area contributed by atoms with Crippen molar-refractivity contribution in [1.29, 1.82) is 0 Å². The zero-order chi connectivity index (χ0) is 15.5. The Balaban J connectivity index is 2.21. The Morgan fingerprint density at radius 3 is 2.57 bits per heavy atom. The third kappa shape index (κ3) is 3.61. The monoisotopic (exact) mass is 311 g/mol. The molecule has 1 heterocycles. The molecular formula is C14H21N3O3S. The Bertz CT molecular complexity index is 598. The van der Waals surface area contributed by atoms with E-state index in [0.717, 1.165) is 12.8 Å². The number of hydrogen-bond donors (Lipinski definition) is 2. The maximum atomic E-state index is 12.7. The summed E-state index contributed by atoms with van der Waals surface area (Å²) >= 11 is 0. The molecule has 1 aliphatic heterocycles. The maximum absolute atomic E-state index is 12.7. The van der Waals surface area contributed by atoms with Crippen LogP contribution in [-0.4, -0.2) is 44.8 Å². The highest BCUT2D eigenvalue weighted by molar-refractivity contribution is 7.89. The van der Waals surface area contributed by atoms with Crippen LogP contribution in [0.25, 0.3) is 0 Å². The van der Waals surface area contributed by atoms with Gasteiger partial charge in [0.25, 0.3) is 0 Å². The summed E-state index contributed by atoms with van der Waals surface area (Å²) in [6.45, 7) is 2.63. The molecule has 0 aromatic heterocycles. The molecule has 1 aromatic rings. The molecule has 6 nitrogen and oxygen atoms in total. The topological polar surface area (TPSA) is 78.5 Å². The van der Waals surface area contributed by atoms with Gasteiger partial charge in [0.2, 0.25) is 15.9 Å². The number of carbonyl (C=O) groups excluding carboxylic acids is 1. The average Bonchev–Trinajstić information content (AvgIpc) is 2.88. The van der Waals surface area contributed by atoms with E-state index >= 15 is 0 Å². The van der Waals surface area contributed by atoms with Crippen molar-refractivity contribution in [2.45, 2.75) is 30.7 Å². The average molecular weight is 311 g/mol. The second kappa shape index (κ2) is 6.55. The van der Waals surface area contributed by atoms with Gasteiger partial charge in [-0.3, -0.25) is 4.79 Å². The van der Waals surface area contributed by atoms with E-state index in [-0.39, 0.29) is 16.8 Å². The number of anilines is 1. The van der Waals surface area contributed by atoms with Gasteiger partial charge in [-0.05, 0) is 44.2 Å². The number of benzene rings is 1. The van der Waals surface area contributed by atoms with Gasteiger partial charge in [0.1, 0.15) is 0 Å². The fraction of sp³-hybridized carbons (Fsp3) is 0.500. The second-order valence-corrected chi connectivity index (χ2v) is 7.07. The van der Waals surface area contributed by atoms with Crippen LogP contribution in [0.4, 0.5) is 5.69 Å². The lowest BCUT2D eigenvalue weighted by molar-refractivity contribution is -0.114. The van der Waals surface area contributed by atoms with Crippen LogP contribution >= 0.6 is 0 Å². The minimum atomic E-state index is -3.47. The van der Waals surface area contributed by atoms with Crippen molar-refractivity contribution in [3.63, 3.8) is 0 Å². The van der Waals surface area contributed by atoms with Crippen molar-refractivity contribution in [3.8, 4) is 0 Å². The van der Waals surface area contributed by atoms with E-state index in [1.165, 1.54) is 19.1 Å². The predicted molar refractivity (Wildman–Crippen MR) is 81.6 cm³/mol. The molecule has 1 amide bonds. The lowest BCUT2D eigenvalue weighted by atomic mass is 10.2. The Morgan fingerprint density at radius 1 is 1.33 bits per heavy atom. The molecule has 1 saturated heterocycles. The van der Waals surface area contributed by atoms with Gasteiger partial charge in [-0.25, -0.2) is 8.42 Å². The van der Waals surface area contributed by atoms with E-state index in [1.54, 1.807) is 16.4 Å². The summed E-state index contributed by atoms with van der Waals surface area (Å²) < 4.78 is 26.9. The minimum Gasteiger partial charge on any atom is -0.326 e. The zero-order valence-electron chi connectivity index (χ0n) is 12.3. The molecule has 0 bridgehead atoms. The van der Waals surface area contributed by atoms with Crippen LogP contribution < -0.4 is 10.6 Å². The highest BCUT2D eigenvalue weighted by atomic mass is 32.2. The van der Waals surface area contributed by atoms with Crippen LogP contribution in [-0.2, 0) is 14.8 Å². The molecule has 2 rings (SSSR count). The van der Waals surface area contributed by atoms with Crippen molar-refractivity contribution in [3.05, 3.63) is 24.3 Å². The van der Waals surface area contributed by atoms with Crippen LogP contribution in [0.15, 0.2) is 29.2 Å². The van der Waals surface area contributed by atoms with Gasteiger partial charge in [-0.15, -0.1) is 0 Å². The third-order valence-electron chi connectivity index (χ3n) is 3.54. The van der Waals surface area contributed by atoms with Crippen LogP contribution in [0.5, 0.6) is 0 Å². The number of amides is 1. The zero-order valence-corrected chi connectivity index (χ0v) is 13.1. The molecule has 0 spiro atoms. The summed E-state index contributed by atoms with van der Waals surface area (Å²) in [7, 11) is -1.65. The predicted octanol–water partition coefficient (Wildman–Crippen LogP) is 1.02. The fourth-order valence-electron chi connectivity index (χ4n) is 2.61. The molecule has 0 aliphatic carbocycles. The van der Waals surface area contributed by atoms with Gasteiger partial charge in [-0.2, -0.15) is 4.31 Å². The van der Waals surface area contributed by atoms with E-state index in [9.17, 15) is 13.2 Å². The van der Waals surface area contributed by atoms with E-state index < -0.39 is 10.0 Å². The van der Waals surface area contributed by atoms with Crippen molar-refractivity contribution in [2.75, 3.05) is 25.5 Å². The second-order valence-electron chi connectivity index (χ2n) is 5.18. The van der Waals surface area contributed by atoms with Crippen molar-refractivity contribution < 1.29 is 13.2 Å². The molecule has 1 fully saturated rings. The summed E-state index contributed by atoms with van der Waals surface area (Å²) in [6, 6.07) is 6.30. The standard InChI is InChI=1S/C14H21N3O3S/c1-11(18)16-12-5-7-14(8-6-12)21(19,20)17-9-3-4-13(17)10-15-2/h5-8,13,15H,3-4,9-10H2,1-2H3,(H,16,18). The third-order valence-corrected chi connectivity index (χ3v) is 5.51. The van der Waals surface area contributed by atoms with Crippen LogP contribution in [0, 0.1) is 0 Å². The van der Waals surface area contributed by atoms with Gasteiger partial charge < -0.3 is 10.6 Å². The Hall–Kier alpha value is -1.44. The van der Waals surface area contributed by atoms with Gasteiger partial charge in [0, 0.05) is 31.7 Å². The minimum absolute atomic E-state index is 0.00928. The largest absolute Gasteiger partial charge is 0.326 e. The number of hydrogen-bond acceptors (Lipinski definition) is 4. The van der Waals surface area contributed by atoms with Gasteiger partial charge >= 0.3 is 0 Å². The van der Waals surface area contributed by atoms with E-state index in [1.807, 2.05) is 7.05 Å². The first-order valence-electron chi connectivity index (χ1n) is 6.99. The quantitative estimate of drug-likeness (QED) is 0.851. The van der Waals surface area contributed by atoms with Gasteiger partial charge in [0.15, 0.2) is 0 Å². The lowest BCUT2D eigenvalue weighted by Gasteiger charge is -2.24. The first kappa shape index (κ1) is 15.9. The molecule has 2 N–H and O–H groups in total. The number of nitrogens with zero attached hydrogens (tertiary/aromatic N) is 1. The Kier molecular flexibility index (Phi) is 4.97. The highest BCUT2D eigenvalue weighted by Gasteiger charge is 2.34. The first-order valence-corrected chi connectivity index (χ1v) is 8.43. The Morgan fingerprint density at radius 2 is 2.00 bits per heavy atom. The smallest absolute Gasteiger partial charge is 0.243 e. The van der Waals surface area contributed by atoms with Crippen LogP contribution in [0.1, 0.15) is 19.8 Å². The van der Waals surface area contributed by atoms with Crippen LogP contribution in [0.3, 0.4) is 0 Å². The first-order chi connectivity index (χ1) is 9.95. The van der Waals surface area contributed by atoms with Gasteiger partial charge in [-0.1, -0.05) is 0 Å². The lowest BCUT2D eigenvalue weighted by Crippen LogP contribution is -2.40. The molecule has 1 unspecified atom stereocenters. The van der Waals surface area contributed by atoms with E-state index in [2.05, 4.69) is 10.6 Å². The molecule has 21 heavy (non-hydrogen) atoms. The number of carbonyl (C=O) groups is 1. The van der Waals surface area contributed by atoms with Crippen molar-refractivity contribution >= 4 is 21.6 Å². The number of rotatable bonds is 5. The van der Waals surface area contributed by atoms with E-state index in [0.29, 0.717) is 18.8 Å². The SMILES string of the molecule is CNCC1CCCN1S(=O)(=O)c1ccc(NC(C)=O)cc1. The van der Waals surface area contributed by atoms with Crippen molar-refractivity contribution in [2.24, 2.45) is 0 Å². The molecule has 0 radical (unpaired) electrons. The number of sulfonamides is 1. The summed E-state index contributed by atoms with van der Waals surface area (Å²) in [4.78, 5) is 11.2. The number of likely N-dealkylation sites (N-methyl/N-ethyl adjacent to an activating group) is 1. The molecule has 1 atom stereocenters. The Labute approximate surface area is 125 Å². The molecule has 0 saturated carbocycles. The molecule has 1 aromatic carbocycles. The van der Waals surface area contributed by atoms with E-state index in [4.69, 9.17) is 0 Å². The highest BCUT2D eigenvalue weighted by Crippen LogP contribution is 2.26. The van der Waals surface area contributed by atoms with Gasteiger partial charge in [0.05, 0.1) is 4.90 Å². The molecular weight excluding hydrogens is 290 g/mol. The summed E-state index contributed by atoms with van der Waals surface area (Å²) in [5.74, 6) is -0.181. The summed E-state index contributed by atoms with van der Waals surface area (Å²) in [6.07, 6.45) is 1.76. The normalized spacial score (nSPS) is 19.6. The fourth-order valence-corrected chi connectivity index (χ4v) is 4.31. The van der Waals surface area contributed by atoms with Crippen molar-refractivity contribution in [1.82, 2.24) is 9.62 Å². The van der Waals surface area contributed by atoms with Crippen LogP contribution in [0.2, 0.25) is 0 Å². The summed E-state index contributed by atoms with van der Waals surface area (Å²) in [5, 5.41) is 5.66. The molecule has 7 heteroatoms. The maximum Gasteiger partial charge on any atom is 0.243 e. The number of nitrogens with one attached hydrogen (secondary N) is 2. The summed E-state index contributed by atoms with van der Waals surface area (Å²) in [5.41, 5.74) is 0.592. The molecule has 116 valence electrons.